The van der Waals surface area contributed by atoms with Crippen LogP contribution in [0, 0.1) is 5.92 Å². The van der Waals surface area contributed by atoms with Crippen LogP contribution in [0.2, 0.25) is 0 Å². The highest BCUT2D eigenvalue weighted by Crippen LogP contribution is 2.40. The first-order valence-corrected chi connectivity index (χ1v) is 10.2. The summed E-state index contributed by atoms with van der Waals surface area (Å²) in [6.07, 6.45) is 7.66. The van der Waals surface area contributed by atoms with Crippen LogP contribution in [0.25, 0.3) is 0 Å². The Morgan fingerprint density at radius 1 is 1.11 bits per heavy atom. The van der Waals surface area contributed by atoms with Gasteiger partial charge in [0.15, 0.2) is 0 Å². The zero-order valence-corrected chi connectivity index (χ0v) is 16.3. The van der Waals surface area contributed by atoms with Gasteiger partial charge in [0.1, 0.15) is 5.75 Å². The average Bonchev–Trinajstić information content (AvgIpc) is 3.11. The molecule has 0 saturated heterocycles. The molecule has 0 spiro atoms. The van der Waals surface area contributed by atoms with E-state index in [0.29, 0.717) is 11.8 Å². The Bertz CT molecular complexity index is 785. The van der Waals surface area contributed by atoms with Gasteiger partial charge in [0.2, 0.25) is 0 Å². The fraction of sp³-hybridized carbons (Fsp3) is 0.500. The fourth-order valence-electron chi connectivity index (χ4n) is 4.96. The molecule has 144 valence electrons. The van der Waals surface area contributed by atoms with E-state index < -0.39 is 0 Å². The van der Waals surface area contributed by atoms with Crippen LogP contribution in [0.1, 0.15) is 53.9 Å². The highest BCUT2D eigenvalue weighted by molar-refractivity contribution is 5.37. The molecule has 0 bridgehead atoms. The Kier molecular flexibility index (Phi) is 5.25. The number of ether oxygens (including phenoxy) is 1. The van der Waals surface area contributed by atoms with Crippen LogP contribution in [0.3, 0.4) is 0 Å². The molecule has 2 aromatic rings. The minimum Gasteiger partial charge on any atom is -0.497 e. The molecule has 1 fully saturated rings. The third-order valence-electron chi connectivity index (χ3n) is 6.67. The fourth-order valence-corrected chi connectivity index (χ4v) is 4.96. The molecule has 2 aliphatic rings. The molecule has 0 heterocycles. The average molecular weight is 366 g/mol. The summed E-state index contributed by atoms with van der Waals surface area (Å²) >= 11 is 0. The quantitative estimate of drug-likeness (QED) is 0.842. The first-order chi connectivity index (χ1) is 13.1. The molecular weight excluding hydrogens is 334 g/mol. The van der Waals surface area contributed by atoms with Crippen LogP contribution in [-0.2, 0) is 19.3 Å². The van der Waals surface area contributed by atoms with Gasteiger partial charge in [-0.25, -0.2) is 0 Å². The third kappa shape index (κ3) is 4.04. The molecule has 0 aromatic heterocycles. The summed E-state index contributed by atoms with van der Waals surface area (Å²) in [5, 5.41) is 9.53. The topological polar surface area (TPSA) is 55.5 Å². The second kappa shape index (κ2) is 7.65. The van der Waals surface area contributed by atoms with Crippen LogP contribution in [0.4, 0.5) is 0 Å². The molecule has 3 atom stereocenters. The Labute approximate surface area is 162 Å². The van der Waals surface area contributed by atoms with E-state index in [2.05, 4.69) is 42.5 Å². The second-order valence-electron chi connectivity index (χ2n) is 8.65. The van der Waals surface area contributed by atoms with E-state index in [4.69, 9.17) is 10.5 Å². The number of aliphatic hydroxyl groups is 1. The molecule has 2 aliphatic carbocycles. The van der Waals surface area contributed by atoms with Gasteiger partial charge in [-0.05, 0) is 91.2 Å². The number of nitrogens with two attached hydrogens (primary N) is 1. The van der Waals surface area contributed by atoms with Crippen molar-refractivity contribution in [1.29, 1.82) is 0 Å². The summed E-state index contributed by atoms with van der Waals surface area (Å²) in [6.45, 7) is 0.0987. The molecule has 3 nitrogen and oxygen atoms in total. The molecule has 2 aromatic carbocycles. The molecule has 27 heavy (non-hydrogen) atoms. The van der Waals surface area contributed by atoms with Crippen molar-refractivity contribution in [1.82, 2.24) is 0 Å². The second-order valence-corrected chi connectivity index (χ2v) is 8.65. The maximum Gasteiger partial charge on any atom is 0.118 e. The van der Waals surface area contributed by atoms with Crippen molar-refractivity contribution in [3.63, 3.8) is 0 Å². The van der Waals surface area contributed by atoms with E-state index in [9.17, 15) is 5.11 Å². The van der Waals surface area contributed by atoms with Gasteiger partial charge in [-0.2, -0.15) is 0 Å². The summed E-state index contributed by atoms with van der Waals surface area (Å²) in [5.74, 6) is 2.15. The van der Waals surface area contributed by atoms with Crippen molar-refractivity contribution in [3.05, 3.63) is 64.7 Å². The van der Waals surface area contributed by atoms with Gasteiger partial charge < -0.3 is 15.6 Å². The van der Waals surface area contributed by atoms with Crippen LogP contribution < -0.4 is 10.5 Å². The molecule has 3 N–H and O–H groups in total. The van der Waals surface area contributed by atoms with Crippen LogP contribution >= 0.6 is 0 Å². The Morgan fingerprint density at radius 2 is 1.93 bits per heavy atom. The maximum atomic E-state index is 9.53. The van der Waals surface area contributed by atoms with E-state index >= 15 is 0 Å². The van der Waals surface area contributed by atoms with Crippen molar-refractivity contribution >= 4 is 0 Å². The number of benzene rings is 2. The summed E-state index contributed by atoms with van der Waals surface area (Å²) in [6, 6.07) is 15.6. The van der Waals surface area contributed by atoms with E-state index in [1.165, 1.54) is 41.5 Å². The smallest absolute Gasteiger partial charge is 0.118 e. The first kappa shape index (κ1) is 18.5. The zero-order chi connectivity index (χ0) is 18.9. The Morgan fingerprint density at radius 3 is 2.63 bits per heavy atom. The molecule has 0 amide bonds. The van der Waals surface area contributed by atoms with Crippen LogP contribution in [0.5, 0.6) is 5.75 Å². The number of hydrogen-bond donors (Lipinski definition) is 2. The highest BCUT2D eigenvalue weighted by Gasteiger charge is 2.36. The van der Waals surface area contributed by atoms with E-state index in [1.807, 2.05) is 0 Å². The van der Waals surface area contributed by atoms with E-state index in [0.717, 1.165) is 31.4 Å². The van der Waals surface area contributed by atoms with Crippen LogP contribution in [0.15, 0.2) is 42.5 Å². The maximum absolute atomic E-state index is 9.53. The van der Waals surface area contributed by atoms with Gasteiger partial charge in [0.25, 0.3) is 0 Å². The lowest BCUT2D eigenvalue weighted by molar-refractivity contribution is 0.198. The molecule has 1 saturated carbocycles. The lowest BCUT2D eigenvalue weighted by atomic mass is 9.79. The Hall–Kier alpha value is -1.84. The monoisotopic (exact) mass is 365 g/mol. The van der Waals surface area contributed by atoms with Gasteiger partial charge in [0.05, 0.1) is 13.7 Å². The van der Waals surface area contributed by atoms with Crippen molar-refractivity contribution in [2.45, 2.75) is 56.4 Å². The van der Waals surface area contributed by atoms with Gasteiger partial charge in [-0.1, -0.05) is 30.3 Å². The lowest BCUT2D eigenvalue weighted by Gasteiger charge is -2.26. The zero-order valence-electron chi connectivity index (χ0n) is 16.3. The van der Waals surface area contributed by atoms with E-state index in [-0.39, 0.29) is 12.1 Å². The minimum absolute atomic E-state index is 0.0987. The van der Waals surface area contributed by atoms with Gasteiger partial charge in [-0.15, -0.1) is 0 Å². The molecule has 0 aliphatic heterocycles. The highest BCUT2D eigenvalue weighted by atomic mass is 16.5. The first-order valence-electron chi connectivity index (χ1n) is 10.2. The molecule has 4 rings (SSSR count). The van der Waals surface area contributed by atoms with Crippen molar-refractivity contribution in [2.24, 2.45) is 11.7 Å². The number of aliphatic hydroxyl groups excluding tert-OH is 1. The predicted molar refractivity (Wildman–Crippen MR) is 109 cm³/mol. The SMILES string of the molecule is COc1ccc(CC2CCc3cc([C@H]4CC[C@](N)(CO)C4)ccc3C2)cc1. The van der Waals surface area contributed by atoms with Crippen LogP contribution in [-0.4, -0.2) is 24.4 Å². The van der Waals surface area contributed by atoms with Gasteiger partial charge in [-0.3, -0.25) is 0 Å². The van der Waals surface area contributed by atoms with Crippen molar-refractivity contribution < 1.29 is 9.84 Å². The van der Waals surface area contributed by atoms with Crippen molar-refractivity contribution in [3.8, 4) is 5.75 Å². The number of fused-ring (bicyclic) bond motifs is 1. The van der Waals surface area contributed by atoms with Gasteiger partial charge in [0, 0.05) is 5.54 Å². The third-order valence-corrected chi connectivity index (χ3v) is 6.67. The Balaban J connectivity index is 1.41. The van der Waals surface area contributed by atoms with E-state index in [1.54, 1.807) is 7.11 Å². The normalized spacial score (nSPS) is 27.4. The summed E-state index contributed by atoms with van der Waals surface area (Å²) in [4.78, 5) is 0. The summed E-state index contributed by atoms with van der Waals surface area (Å²) < 4.78 is 5.26. The molecular formula is C24H31NO2. The number of rotatable bonds is 5. The molecule has 0 radical (unpaired) electrons. The van der Waals surface area contributed by atoms with Crippen molar-refractivity contribution in [2.75, 3.05) is 13.7 Å². The number of methoxy groups -OCH3 is 1. The largest absolute Gasteiger partial charge is 0.497 e. The summed E-state index contributed by atoms with van der Waals surface area (Å²) in [5.41, 5.74) is 11.8. The predicted octanol–water partition coefficient (Wildman–Crippen LogP) is 4.00. The lowest BCUT2D eigenvalue weighted by Crippen LogP contribution is -2.40. The molecule has 3 heteroatoms. The van der Waals surface area contributed by atoms with Gasteiger partial charge >= 0.3 is 0 Å². The molecule has 1 unspecified atom stereocenters. The summed E-state index contributed by atoms with van der Waals surface area (Å²) in [7, 11) is 1.71. The minimum atomic E-state index is -0.371. The number of aryl methyl sites for hydroxylation is 1. The number of hydrogen-bond acceptors (Lipinski definition) is 3. The standard InChI is InChI=1S/C24H31NO2/c1-27-23-8-3-17(4-9-23)12-18-2-5-20-14-21(7-6-19(20)13-18)22-10-11-24(25,15-22)16-26/h3-4,6-9,14,18,22,26H,2,5,10-13,15-16,25H2,1H3/t18?,22-,24+/m0/s1.